The molecule has 1 aromatic rings. The zero-order chi connectivity index (χ0) is 8.10. The molecule has 0 aliphatic rings. The van der Waals surface area contributed by atoms with Crippen LogP contribution in [0.25, 0.3) is 0 Å². The van der Waals surface area contributed by atoms with Crippen molar-refractivity contribution in [3.63, 3.8) is 0 Å². The van der Waals surface area contributed by atoms with Crippen molar-refractivity contribution in [1.82, 2.24) is 4.68 Å². The van der Waals surface area contributed by atoms with Crippen LogP contribution in [0.1, 0.15) is 26.7 Å². The van der Waals surface area contributed by atoms with E-state index in [9.17, 15) is 0 Å². The SMILES string of the molecule is CCCC[n+]1cccn1CC. The lowest BCUT2D eigenvalue weighted by Crippen LogP contribution is -2.41. The minimum atomic E-state index is 1.07. The summed E-state index contributed by atoms with van der Waals surface area (Å²) in [5, 5.41) is 0. The first kappa shape index (κ1) is 8.31. The van der Waals surface area contributed by atoms with E-state index < -0.39 is 0 Å². The summed E-state index contributed by atoms with van der Waals surface area (Å²) in [4.78, 5) is 0. The number of nitrogens with zero attached hydrogens (tertiary/aromatic N) is 2. The van der Waals surface area contributed by atoms with E-state index in [2.05, 4.69) is 41.7 Å². The Morgan fingerprint density at radius 1 is 1.36 bits per heavy atom. The summed E-state index contributed by atoms with van der Waals surface area (Å²) in [6.07, 6.45) is 6.80. The Morgan fingerprint density at radius 3 is 2.82 bits per heavy atom. The first-order valence-electron chi connectivity index (χ1n) is 4.43. The molecule has 1 aromatic heterocycles. The van der Waals surface area contributed by atoms with E-state index in [0.29, 0.717) is 0 Å². The van der Waals surface area contributed by atoms with Crippen LogP contribution in [0.5, 0.6) is 0 Å². The molecule has 11 heavy (non-hydrogen) atoms. The lowest BCUT2D eigenvalue weighted by Gasteiger charge is -1.97. The fraction of sp³-hybridized carbons (Fsp3) is 0.667. The molecule has 0 atom stereocenters. The van der Waals surface area contributed by atoms with Gasteiger partial charge in [0, 0.05) is 12.5 Å². The smallest absolute Gasteiger partial charge is 0.161 e. The lowest BCUT2D eigenvalue weighted by atomic mass is 10.3. The number of rotatable bonds is 4. The van der Waals surface area contributed by atoms with Gasteiger partial charge in [-0.15, -0.1) is 4.68 Å². The molecule has 0 radical (unpaired) electrons. The molecule has 0 aliphatic heterocycles. The number of hydrogen-bond donors (Lipinski definition) is 0. The molecule has 0 amide bonds. The second-order valence-electron chi connectivity index (χ2n) is 2.76. The molecular formula is C9H17N2+. The van der Waals surface area contributed by atoms with Crippen LogP contribution in [-0.4, -0.2) is 4.68 Å². The summed E-state index contributed by atoms with van der Waals surface area (Å²) in [5.74, 6) is 0. The van der Waals surface area contributed by atoms with Crippen LogP contribution in [0, 0.1) is 0 Å². The molecule has 0 spiro atoms. The van der Waals surface area contributed by atoms with Gasteiger partial charge in [0.15, 0.2) is 12.7 Å². The molecule has 1 heterocycles. The van der Waals surface area contributed by atoms with Gasteiger partial charge in [-0.2, -0.15) is 4.68 Å². The molecule has 2 nitrogen and oxygen atoms in total. The average Bonchev–Trinajstić information content (AvgIpc) is 2.47. The molecule has 0 aromatic carbocycles. The number of unbranched alkanes of at least 4 members (excludes halogenated alkanes) is 1. The predicted molar refractivity (Wildman–Crippen MR) is 45.2 cm³/mol. The molecule has 0 saturated heterocycles. The topological polar surface area (TPSA) is 8.81 Å². The van der Waals surface area contributed by atoms with Crippen LogP contribution >= 0.6 is 0 Å². The molecule has 2 heteroatoms. The van der Waals surface area contributed by atoms with Crippen molar-refractivity contribution >= 4 is 0 Å². The van der Waals surface area contributed by atoms with Crippen LogP contribution < -0.4 is 4.68 Å². The van der Waals surface area contributed by atoms with Crippen molar-refractivity contribution in [3.8, 4) is 0 Å². The van der Waals surface area contributed by atoms with E-state index in [1.54, 1.807) is 0 Å². The maximum Gasteiger partial charge on any atom is 0.195 e. The van der Waals surface area contributed by atoms with E-state index in [4.69, 9.17) is 0 Å². The number of aryl methyl sites for hydroxylation is 2. The Bertz CT molecular complexity index is 203. The van der Waals surface area contributed by atoms with Crippen molar-refractivity contribution in [3.05, 3.63) is 18.5 Å². The maximum absolute atomic E-state index is 2.27. The first-order valence-corrected chi connectivity index (χ1v) is 4.43. The second kappa shape index (κ2) is 4.16. The van der Waals surface area contributed by atoms with Gasteiger partial charge in [0.05, 0.1) is 12.7 Å². The van der Waals surface area contributed by atoms with Crippen molar-refractivity contribution in [1.29, 1.82) is 0 Å². The normalized spacial score (nSPS) is 10.4. The third-order valence-electron chi connectivity index (χ3n) is 1.91. The molecular weight excluding hydrogens is 136 g/mol. The van der Waals surface area contributed by atoms with E-state index in [1.807, 2.05) is 0 Å². The number of hydrogen-bond acceptors (Lipinski definition) is 0. The predicted octanol–water partition coefficient (Wildman–Crippen LogP) is 1.60. The minimum absolute atomic E-state index is 1.07. The van der Waals surface area contributed by atoms with Crippen molar-refractivity contribution in [2.45, 2.75) is 39.8 Å². The summed E-state index contributed by atoms with van der Waals surface area (Å²) >= 11 is 0. The van der Waals surface area contributed by atoms with Crippen molar-refractivity contribution < 1.29 is 4.68 Å². The molecule has 0 unspecified atom stereocenters. The zero-order valence-corrected chi connectivity index (χ0v) is 7.45. The van der Waals surface area contributed by atoms with Gasteiger partial charge in [-0.1, -0.05) is 13.3 Å². The molecule has 0 N–H and O–H groups in total. The van der Waals surface area contributed by atoms with Crippen molar-refractivity contribution in [2.24, 2.45) is 0 Å². The zero-order valence-electron chi connectivity index (χ0n) is 7.45. The van der Waals surface area contributed by atoms with Gasteiger partial charge in [-0.3, -0.25) is 0 Å². The quantitative estimate of drug-likeness (QED) is 0.581. The van der Waals surface area contributed by atoms with Gasteiger partial charge >= 0.3 is 0 Å². The van der Waals surface area contributed by atoms with Crippen LogP contribution in [0.15, 0.2) is 18.5 Å². The molecule has 0 aliphatic carbocycles. The lowest BCUT2D eigenvalue weighted by molar-refractivity contribution is -0.775. The first-order chi connectivity index (χ1) is 5.38. The highest BCUT2D eigenvalue weighted by Crippen LogP contribution is 1.87. The standard InChI is InChI=1S/C9H17N2/c1-3-5-7-11-9-6-8-10(11)4-2/h6,8-9H,3-5,7H2,1-2H3/q+1. The molecule has 1 rings (SSSR count). The van der Waals surface area contributed by atoms with Crippen molar-refractivity contribution in [2.75, 3.05) is 0 Å². The van der Waals surface area contributed by atoms with E-state index in [-0.39, 0.29) is 0 Å². The summed E-state index contributed by atoms with van der Waals surface area (Å²) in [6.45, 7) is 6.61. The maximum atomic E-state index is 2.27. The summed E-state index contributed by atoms with van der Waals surface area (Å²) in [7, 11) is 0. The minimum Gasteiger partial charge on any atom is -0.161 e. The summed E-state index contributed by atoms with van der Waals surface area (Å²) < 4.78 is 4.50. The van der Waals surface area contributed by atoms with Gasteiger partial charge in [0.1, 0.15) is 0 Å². The molecule has 0 fully saturated rings. The van der Waals surface area contributed by atoms with E-state index in [0.717, 1.165) is 13.1 Å². The Hall–Kier alpha value is -0.790. The van der Waals surface area contributed by atoms with Gasteiger partial charge in [0.25, 0.3) is 0 Å². The van der Waals surface area contributed by atoms with Crippen LogP contribution in [0.3, 0.4) is 0 Å². The van der Waals surface area contributed by atoms with Gasteiger partial charge in [-0.25, -0.2) is 0 Å². The van der Waals surface area contributed by atoms with Gasteiger partial charge in [-0.05, 0) is 6.92 Å². The Balaban J connectivity index is 2.54. The fourth-order valence-corrected chi connectivity index (χ4v) is 1.22. The average molecular weight is 153 g/mol. The van der Waals surface area contributed by atoms with Crippen LogP contribution in [0.4, 0.5) is 0 Å². The highest BCUT2D eigenvalue weighted by molar-refractivity contribution is 4.70. The highest BCUT2D eigenvalue weighted by atomic mass is 15.4. The highest BCUT2D eigenvalue weighted by Gasteiger charge is 2.03. The largest absolute Gasteiger partial charge is 0.195 e. The fourth-order valence-electron chi connectivity index (χ4n) is 1.22. The second-order valence-corrected chi connectivity index (χ2v) is 2.76. The monoisotopic (exact) mass is 153 g/mol. The summed E-state index contributed by atoms with van der Waals surface area (Å²) in [5.41, 5.74) is 0. The third kappa shape index (κ3) is 2.07. The molecule has 0 saturated carbocycles. The third-order valence-corrected chi connectivity index (χ3v) is 1.91. The Kier molecular flexibility index (Phi) is 3.14. The van der Waals surface area contributed by atoms with E-state index in [1.165, 1.54) is 12.8 Å². The molecule has 62 valence electrons. The van der Waals surface area contributed by atoms with Crippen LogP contribution in [0.2, 0.25) is 0 Å². The number of aromatic nitrogens is 2. The van der Waals surface area contributed by atoms with Gasteiger partial charge in [0.2, 0.25) is 0 Å². The Morgan fingerprint density at radius 2 is 2.18 bits per heavy atom. The molecule has 0 bridgehead atoms. The van der Waals surface area contributed by atoms with E-state index >= 15 is 0 Å². The van der Waals surface area contributed by atoms with Gasteiger partial charge < -0.3 is 0 Å². The summed E-state index contributed by atoms with van der Waals surface area (Å²) in [6, 6.07) is 2.10. The Labute approximate surface area is 68.4 Å². The van der Waals surface area contributed by atoms with Crippen LogP contribution in [-0.2, 0) is 13.1 Å².